The lowest BCUT2D eigenvalue weighted by molar-refractivity contribution is 0.0940. The second kappa shape index (κ2) is 8.37. The van der Waals surface area contributed by atoms with Gasteiger partial charge in [0, 0.05) is 23.6 Å². The lowest BCUT2D eigenvalue weighted by atomic mass is 10.1. The van der Waals surface area contributed by atoms with Gasteiger partial charge in [0.25, 0.3) is 11.5 Å². The van der Waals surface area contributed by atoms with Gasteiger partial charge in [-0.25, -0.2) is 4.98 Å². The second-order valence-corrected chi connectivity index (χ2v) is 8.07. The highest BCUT2D eigenvalue weighted by Gasteiger charge is 2.16. The fourth-order valence-corrected chi connectivity index (χ4v) is 4.07. The number of rotatable bonds is 3. The maximum absolute atomic E-state index is 12.9. The highest BCUT2D eigenvalue weighted by atomic mass is 35.5. The van der Waals surface area contributed by atoms with Gasteiger partial charge in [-0.1, -0.05) is 36.6 Å². The third-order valence-corrected chi connectivity index (χ3v) is 5.76. The predicted octanol–water partition coefficient (Wildman–Crippen LogP) is 4.66. The van der Waals surface area contributed by atoms with Crippen LogP contribution in [-0.2, 0) is 13.0 Å². The van der Waals surface area contributed by atoms with Crippen molar-refractivity contribution < 1.29 is 4.79 Å². The Labute approximate surface area is 174 Å². The van der Waals surface area contributed by atoms with E-state index in [1.54, 1.807) is 24.3 Å². The van der Waals surface area contributed by atoms with Crippen LogP contribution in [0.5, 0.6) is 0 Å². The monoisotopic (exact) mass is 409 g/mol. The summed E-state index contributed by atoms with van der Waals surface area (Å²) in [6.07, 6.45) is 5.15. The van der Waals surface area contributed by atoms with Gasteiger partial charge >= 0.3 is 0 Å². The van der Waals surface area contributed by atoms with Crippen LogP contribution >= 0.6 is 11.6 Å². The number of benzene rings is 2. The minimum absolute atomic E-state index is 0.00819. The van der Waals surface area contributed by atoms with Crippen LogP contribution in [0.1, 0.15) is 60.4 Å². The third-order valence-electron chi connectivity index (χ3n) is 5.52. The van der Waals surface area contributed by atoms with Crippen molar-refractivity contribution in [3.8, 4) is 0 Å². The molecule has 3 aromatic rings. The summed E-state index contributed by atoms with van der Waals surface area (Å²) in [6, 6.07) is 12.4. The molecule has 0 radical (unpaired) electrons. The summed E-state index contributed by atoms with van der Waals surface area (Å²) in [5, 5.41) is 4.19. The van der Waals surface area contributed by atoms with E-state index in [2.05, 4.69) is 5.32 Å². The van der Waals surface area contributed by atoms with Crippen molar-refractivity contribution in [3.05, 3.63) is 74.8 Å². The third kappa shape index (κ3) is 4.20. The van der Waals surface area contributed by atoms with Gasteiger partial charge < -0.3 is 5.32 Å². The molecule has 1 N–H and O–H groups in total. The van der Waals surface area contributed by atoms with E-state index >= 15 is 0 Å². The standard InChI is InChI=1S/C23H24ClN3O2/c1-15(16-7-6-8-18(24)13-16)25-22(28)17-10-11-19-20(14-17)26-21-9-4-2-3-5-12-27(21)23(19)29/h6-8,10-11,13-15H,2-5,9,12H2,1H3,(H,25,28)/t15-/m0/s1. The highest BCUT2D eigenvalue weighted by Crippen LogP contribution is 2.19. The number of nitrogens with zero attached hydrogens (tertiary/aromatic N) is 2. The van der Waals surface area contributed by atoms with Crippen LogP contribution in [0, 0.1) is 0 Å². The maximum Gasteiger partial charge on any atom is 0.261 e. The topological polar surface area (TPSA) is 64.0 Å². The molecule has 150 valence electrons. The first-order valence-electron chi connectivity index (χ1n) is 10.1. The average Bonchev–Trinajstić information content (AvgIpc) is 2.69. The molecule has 2 heterocycles. The van der Waals surface area contributed by atoms with Crippen LogP contribution < -0.4 is 10.9 Å². The molecule has 0 saturated carbocycles. The van der Waals surface area contributed by atoms with Crippen molar-refractivity contribution in [2.75, 3.05) is 0 Å². The minimum Gasteiger partial charge on any atom is -0.346 e. The summed E-state index contributed by atoms with van der Waals surface area (Å²) in [5.41, 5.74) is 2.01. The fraction of sp³-hybridized carbons (Fsp3) is 0.348. The molecule has 2 aromatic carbocycles. The smallest absolute Gasteiger partial charge is 0.261 e. The van der Waals surface area contributed by atoms with Gasteiger partial charge in [0.05, 0.1) is 16.9 Å². The van der Waals surface area contributed by atoms with Crippen molar-refractivity contribution in [1.82, 2.24) is 14.9 Å². The molecular formula is C23H24ClN3O2. The molecule has 0 spiro atoms. The van der Waals surface area contributed by atoms with Crippen LogP contribution in [0.3, 0.4) is 0 Å². The molecule has 29 heavy (non-hydrogen) atoms. The van der Waals surface area contributed by atoms with E-state index in [4.69, 9.17) is 16.6 Å². The summed E-state index contributed by atoms with van der Waals surface area (Å²) < 4.78 is 1.81. The Morgan fingerprint density at radius 1 is 1.14 bits per heavy atom. The van der Waals surface area contributed by atoms with Crippen LogP contribution in [0.25, 0.3) is 10.9 Å². The first-order chi connectivity index (χ1) is 14.0. The summed E-state index contributed by atoms with van der Waals surface area (Å²) in [7, 11) is 0. The Morgan fingerprint density at radius 3 is 2.79 bits per heavy atom. The van der Waals surface area contributed by atoms with E-state index in [9.17, 15) is 9.59 Å². The quantitative estimate of drug-likeness (QED) is 0.684. The molecule has 0 unspecified atom stereocenters. The summed E-state index contributed by atoms with van der Waals surface area (Å²) in [5.74, 6) is 0.625. The van der Waals surface area contributed by atoms with Crippen molar-refractivity contribution in [2.24, 2.45) is 0 Å². The largest absolute Gasteiger partial charge is 0.346 e. The normalized spacial score (nSPS) is 15.2. The van der Waals surface area contributed by atoms with Gasteiger partial charge in [-0.3, -0.25) is 14.2 Å². The summed E-state index contributed by atoms with van der Waals surface area (Å²) in [4.78, 5) is 30.4. The molecule has 1 aromatic heterocycles. The summed E-state index contributed by atoms with van der Waals surface area (Å²) >= 11 is 6.05. The number of carbonyl (C=O) groups excluding carboxylic acids is 1. The second-order valence-electron chi connectivity index (χ2n) is 7.63. The zero-order chi connectivity index (χ0) is 20.4. The van der Waals surface area contributed by atoms with Crippen LogP contribution in [0.2, 0.25) is 5.02 Å². The number of hydrogen-bond acceptors (Lipinski definition) is 3. The number of carbonyl (C=O) groups is 1. The van der Waals surface area contributed by atoms with E-state index in [-0.39, 0.29) is 17.5 Å². The zero-order valence-corrected chi connectivity index (χ0v) is 17.2. The number of hydrogen-bond donors (Lipinski definition) is 1. The molecule has 6 heteroatoms. The molecule has 1 aliphatic rings. The molecule has 0 saturated heterocycles. The molecule has 4 rings (SSSR count). The van der Waals surface area contributed by atoms with Gasteiger partial charge in [0.1, 0.15) is 5.82 Å². The van der Waals surface area contributed by atoms with Crippen LogP contribution in [0.4, 0.5) is 0 Å². The number of halogens is 1. The molecule has 0 fully saturated rings. The molecule has 5 nitrogen and oxygen atoms in total. The van der Waals surface area contributed by atoms with Crippen molar-refractivity contribution in [3.63, 3.8) is 0 Å². The molecule has 0 bridgehead atoms. The SMILES string of the molecule is C[C@H](NC(=O)c1ccc2c(=O)n3c(nc2c1)CCCCCC3)c1cccc(Cl)c1. The molecule has 1 amide bonds. The van der Waals surface area contributed by atoms with Gasteiger partial charge in [-0.15, -0.1) is 0 Å². The Bertz CT molecular complexity index is 1120. The minimum atomic E-state index is -0.201. The zero-order valence-electron chi connectivity index (χ0n) is 16.5. The highest BCUT2D eigenvalue weighted by molar-refractivity contribution is 6.30. The molecule has 0 aliphatic carbocycles. The molecule has 1 atom stereocenters. The Morgan fingerprint density at radius 2 is 1.97 bits per heavy atom. The lowest BCUT2D eigenvalue weighted by Crippen LogP contribution is -2.28. The first-order valence-corrected chi connectivity index (χ1v) is 10.5. The lowest BCUT2D eigenvalue weighted by Gasteiger charge is -2.17. The van der Waals surface area contributed by atoms with E-state index < -0.39 is 0 Å². The Balaban J connectivity index is 1.63. The number of fused-ring (bicyclic) bond motifs is 2. The number of nitrogens with one attached hydrogen (secondary N) is 1. The van der Waals surface area contributed by atoms with Crippen LogP contribution in [0.15, 0.2) is 47.3 Å². The van der Waals surface area contributed by atoms with E-state index in [1.807, 2.05) is 29.7 Å². The van der Waals surface area contributed by atoms with E-state index in [0.29, 0.717) is 21.5 Å². The Kier molecular flexibility index (Phi) is 5.67. The van der Waals surface area contributed by atoms with Gasteiger partial charge in [0.2, 0.25) is 0 Å². The predicted molar refractivity (Wildman–Crippen MR) is 116 cm³/mol. The Hall–Kier alpha value is -2.66. The van der Waals surface area contributed by atoms with Crippen molar-refractivity contribution >= 4 is 28.4 Å². The molecule has 1 aliphatic heterocycles. The first kappa shape index (κ1) is 19.6. The van der Waals surface area contributed by atoms with E-state index in [0.717, 1.165) is 50.0 Å². The van der Waals surface area contributed by atoms with Gasteiger partial charge in [0.15, 0.2) is 0 Å². The number of amides is 1. The van der Waals surface area contributed by atoms with Gasteiger partial charge in [-0.2, -0.15) is 0 Å². The fourth-order valence-electron chi connectivity index (χ4n) is 3.88. The number of aryl methyl sites for hydroxylation is 1. The summed E-state index contributed by atoms with van der Waals surface area (Å²) in [6.45, 7) is 2.63. The van der Waals surface area contributed by atoms with Crippen LogP contribution in [-0.4, -0.2) is 15.5 Å². The van der Waals surface area contributed by atoms with Crippen molar-refractivity contribution in [2.45, 2.75) is 51.6 Å². The number of aromatic nitrogens is 2. The molecular weight excluding hydrogens is 386 g/mol. The maximum atomic E-state index is 12.9. The van der Waals surface area contributed by atoms with Crippen molar-refractivity contribution in [1.29, 1.82) is 0 Å². The van der Waals surface area contributed by atoms with E-state index in [1.165, 1.54) is 0 Å². The van der Waals surface area contributed by atoms with Gasteiger partial charge in [-0.05, 0) is 55.7 Å². The average molecular weight is 410 g/mol.